The highest BCUT2D eigenvalue weighted by atomic mass is 35.5. The summed E-state index contributed by atoms with van der Waals surface area (Å²) in [5.74, 6) is 0. The molecule has 0 aliphatic heterocycles. The minimum Gasteiger partial charge on any atom is -0.302 e. The van der Waals surface area contributed by atoms with Gasteiger partial charge in [-0.3, -0.25) is 10.4 Å². The quantitative estimate of drug-likeness (QED) is 0.559. The standard InChI is InChI=1S/C6H5Cl2NO4S/c7-3-1-2-4(9(10)11)5(8)6(3)14(12)13/h1-2,10-11H,(H,12,13). The van der Waals surface area contributed by atoms with Crippen LogP contribution in [0.25, 0.3) is 0 Å². The maximum absolute atomic E-state index is 10.8. The summed E-state index contributed by atoms with van der Waals surface area (Å²) < 4.78 is 19.6. The molecule has 3 N–H and O–H groups in total. The molecule has 1 aromatic carbocycles. The van der Waals surface area contributed by atoms with Crippen molar-refractivity contribution in [3.05, 3.63) is 22.2 Å². The average Bonchev–Trinajstić information content (AvgIpc) is 2.02. The normalized spacial score (nSPS) is 12.6. The number of hydrogen-bond donors (Lipinski definition) is 3. The zero-order valence-electron chi connectivity index (χ0n) is 6.52. The number of hydrogen-bond acceptors (Lipinski definition) is 4. The number of rotatable bonds is 2. The molecule has 78 valence electrons. The van der Waals surface area contributed by atoms with Gasteiger partial charge in [-0.1, -0.05) is 23.2 Å². The molecule has 5 nitrogen and oxygen atoms in total. The van der Waals surface area contributed by atoms with Crippen molar-refractivity contribution in [1.29, 1.82) is 0 Å². The van der Waals surface area contributed by atoms with Crippen LogP contribution in [-0.2, 0) is 11.1 Å². The van der Waals surface area contributed by atoms with Gasteiger partial charge in [-0.25, -0.2) is 4.21 Å². The molecule has 0 aliphatic carbocycles. The number of nitrogens with zero attached hydrogens (tertiary/aromatic N) is 1. The topological polar surface area (TPSA) is 81.0 Å². The monoisotopic (exact) mass is 257 g/mol. The molecule has 0 saturated heterocycles. The fourth-order valence-corrected chi connectivity index (χ4v) is 2.17. The fraction of sp³-hybridized carbons (Fsp3) is 0. The summed E-state index contributed by atoms with van der Waals surface area (Å²) in [5.41, 5.74) is -0.228. The first kappa shape index (κ1) is 11.7. The molecule has 0 bridgehead atoms. The SMILES string of the molecule is O=S(O)c1c(Cl)ccc(N(O)O)c1Cl. The van der Waals surface area contributed by atoms with E-state index in [9.17, 15) is 4.21 Å². The second-order valence-corrected chi connectivity index (χ2v) is 3.94. The van der Waals surface area contributed by atoms with Crippen LogP contribution in [0.1, 0.15) is 0 Å². The molecule has 1 unspecified atom stereocenters. The van der Waals surface area contributed by atoms with Crippen molar-refractivity contribution in [2.24, 2.45) is 0 Å². The third kappa shape index (κ3) is 2.17. The lowest BCUT2D eigenvalue weighted by Gasteiger charge is -2.12. The number of benzene rings is 1. The van der Waals surface area contributed by atoms with E-state index in [1.165, 1.54) is 12.1 Å². The van der Waals surface area contributed by atoms with E-state index in [1.807, 2.05) is 0 Å². The molecule has 0 aliphatic rings. The van der Waals surface area contributed by atoms with E-state index in [1.54, 1.807) is 0 Å². The predicted octanol–water partition coefficient (Wildman–Crippen LogP) is 2.16. The molecule has 14 heavy (non-hydrogen) atoms. The van der Waals surface area contributed by atoms with Gasteiger partial charge in [-0.15, -0.1) is 5.23 Å². The second-order valence-electron chi connectivity index (χ2n) is 2.25. The van der Waals surface area contributed by atoms with Gasteiger partial charge in [-0.2, -0.15) is 0 Å². The summed E-state index contributed by atoms with van der Waals surface area (Å²) in [6.07, 6.45) is 0. The predicted molar refractivity (Wildman–Crippen MR) is 51.6 cm³/mol. The molecule has 0 saturated carbocycles. The van der Waals surface area contributed by atoms with E-state index in [-0.39, 0.29) is 25.9 Å². The first-order valence-electron chi connectivity index (χ1n) is 3.22. The molecule has 0 fully saturated rings. The molecular weight excluding hydrogens is 253 g/mol. The van der Waals surface area contributed by atoms with Gasteiger partial charge in [0.05, 0.1) is 10.0 Å². The Morgan fingerprint density at radius 3 is 2.29 bits per heavy atom. The van der Waals surface area contributed by atoms with E-state index >= 15 is 0 Å². The van der Waals surface area contributed by atoms with Crippen LogP contribution in [0.4, 0.5) is 5.69 Å². The smallest absolute Gasteiger partial charge is 0.189 e. The molecule has 0 radical (unpaired) electrons. The molecule has 0 heterocycles. The molecule has 1 aromatic rings. The number of anilines is 1. The molecule has 0 amide bonds. The lowest BCUT2D eigenvalue weighted by atomic mass is 10.3. The molecule has 0 spiro atoms. The van der Waals surface area contributed by atoms with E-state index < -0.39 is 11.1 Å². The fourth-order valence-electron chi connectivity index (χ4n) is 0.837. The highest BCUT2D eigenvalue weighted by Crippen LogP contribution is 2.34. The van der Waals surface area contributed by atoms with Gasteiger partial charge >= 0.3 is 0 Å². The zero-order valence-corrected chi connectivity index (χ0v) is 8.84. The van der Waals surface area contributed by atoms with Crippen LogP contribution < -0.4 is 5.23 Å². The Morgan fingerprint density at radius 1 is 1.29 bits per heavy atom. The Bertz CT molecular complexity index is 384. The van der Waals surface area contributed by atoms with Crippen LogP contribution in [0.5, 0.6) is 0 Å². The van der Waals surface area contributed by atoms with Crippen molar-refractivity contribution in [3.63, 3.8) is 0 Å². The van der Waals surface area contributed by atoms with Crippen molar-refractivity contribution >= 4 is 40.0 Å². The van der Waals surface area contributed by atoms with Gasteiger partial charge in [0.15, 0.2) is 11.1 Å². The summed E-state index contributed by atoms with van der Waals surface area (Å²) in [6.45, 7) is 0. The highest BCUT2D eigenvalue weighted by Gasteiger charge is 2.17. The van der Waals surface area contributed by atoms with Gasteiger partial charge in [0.1, 0.15) is 10.6 Å². The van der Waals surface area contributed by atoms with Gasteiger partial charge in [0.2, 0.25) is 0 Å². The molecule has 8 heteroatoms. The molecule has 0 aromatic heterocycles. The van der Waals surface area contributed by atoms with Gasteiger partial charge in [-0.05, 0) is 12.1 Å². The summed E-state index contributed by atoms with van der Waals surface area (Å²) in [4.78, 5) is -0.265. The largest absolute Gasteiger partial charge is 0.302 e. The maximum atomic E-state index is 10.8. The third-order valence-electron chi connectivity index (χ3n) is 1.42. The Labute approximate surface area is 91.7 Å². The van der Waals surface area contributed by atoms with Crippen LogP contribution in [0.3, 0.4) is 0 Å². The van der Waals surface area contributed by atoms with Crippen molar-refractivity contribution in [1.82, 2.24) is 0 Å². The first-order chi connectivity index (χ1) is 6.45. The van der Waals surface area contributed by atoms with Crippen molar-refractivity contribution in [3.8, 4) is 0 Å². The average molecular weight is 258 g/mol. The number of halogens is 2. The first-order valence-corrected chi connectivity index (χ1v) is 5.08. The lowest BCUT2D eigenvalue weighted by molar-refractivity contribution is 0.0291. The van der Waals surface area contributed by atoms with E-state index in [0.717, 1.165) is 0 Å². The van der Waals surface area contributed by atoms with Crippen LogP contribution >= 0.6 is 23.2 Å². The van der Waals surface area contributed by atoms with Crippen molar-refractivity contribution in [2.45, 2.75) is 4.90 Å². The van der Waals surface area contributed by atoms with Crippen LogP contribution in [0, 0.1) is 0 Å². The summed E-state index contributed by atoms with van der Waals surface area (Å²) >= 11 is 8.80. The van der Waals surface area contributed by atoms with Crippen LogP contribution in [0.15, 0.2) is 17.0 Å². The minimum absolute atomic E-state index is 0.0265. The Morgan fingerprint density at radius 2 is 1.86 bits per heavy atom. The van der Waals surface area contributed by atoms with E-state index in [0.29, 0.717) is 0 Å². The molecule has 1 atom stereocenters. The summed E-state index contributed by atoms with van der Waals surface area (Å²) in [6, 6.07) is 2.42. The van der Waals surface area contributed by atoms with Gasteiger partial charge in [0, 0.05) is 0 Å². The Hall–Kier alpha value is -0.370. The maximum Gasteiger partial charge on any atom is 0.189 e. The second kappa shape index (κ2) is 4.43. The summed E-state index contributed by atoms with van der Waals surface area (Å²) in [7, 11) is 0. The van der Waals surface area contributed by atoms with Crippen LogP contribution in [-0.4, -0.2) is 19.2 Å². The van der Waals surface area contributed by atoms with Crippen LogP contribution in [0.2, 0.25) is 10.0 Å². The molecular formula is C6H5Cl2NO4S. The Kier molecular flexibility index (Phi) is 3.71. The highest BCUT2D eigenvalue weighted by molar-refractivity contribution is 7.79. The zero-order chi connectivity index (χ0) is 10.9. The summed E-state index contributed by atoms with van der Waals surface area (Å²) in [5, 5.41) is 16.8. The van der Waals surface area contributed by atoms with E-state index in [2.05, 4.69) is 0 Å². The minimum atomic E-state index is -2.39. The molecule has 1 rings (SSSR count). The third-order valence-corrected chi connectivity index (χ3v) is 3.11. The van der Waals surface area contributed by atoms with Crippen molar-refractivity contribution in [2.75, 3.05) is 5.23 Å². The lowest BCUT2D eigenvalue weighted by Crippen LogP contribution is -2.12. The van der Waals surface area contributed by atoms with Gasteiger partial charge in [0.25, 0.3) is 0 Å². The van der Waals surface area contributed by atoms with E-state index in [4.69, 9.17) is 38.2 Å². The Balaban J connectivity index is 3.41. The van der Waals surface area contributed by atoms with Crippen molar-refractivity contribution < 1.29 is 19.2 Å². The van der Waals surface area contributed by atoms with Gasteiger partial charge < -0.3 is 4.55 Å².